The molecular formula is C17H25N3O. The fourth-order valence-electron chi connectivity index (χ4n) is 2.37. The van der Waals surface area contributed by atoms with Crippen LogP contribution in [0.25, 0.3) is 0 Å². The van der Waals surface area contributed by atoms with Crippen LogP contribution in [0, 0.1) is 0 Å². The lowest BCUT2D eigenvalue weighted by molar-refractivity contribution is 0.285. The Balaban J connectivity index is 2.10. The number of nitrogens with zero attached hydrogens (tertiary/aromatic N) is 2. The third kappa shape index (κ3) is 4.08. The number of imidazole rings is 1. The molecule has 0 spiro atoms. The Morgan fingerprint density at radius 2 is 2.10 bits per heavy atom. The Labute approximate surface area is 127 Å². The average molecular weight is 287 g/mol. The second-order valence-corrected chi connectivity index (χ2v) is 5.20. The number of hydrogen-bond donors (Lipinski definition) is 1. The largest absolute Gasteiger partial charge is 0.485 e. The third-order valence-corrected chi connectivity index (χ3v) is 3.62. The van der Waals surface area contributed by atoms with Crippen molar-refractivity contribution in [3.8, 4) is 5.75 Å². The van der Waals surface area contributed by atoms with Gasteiger partial charge in [-0.25, -0.2) is 4.98 Å². The van der Waals surface area contributed by atoms with Gasteiger partial charge in [0, 0.05) is 31.0 Å². The highest BCUT2D eigenvalue weighted by Gasteiger charge is 2.14. The molecule has 0 aliphatic rings. The predicted molar refractivity (Wildman–Crippen MR) is 85.3 cm³/mol. The summed E-state index contributed by atoms with van der Waals surface area (Å²) in [6, 6.07) is 8.60. The molecule has 0 radical (unpaired) electrons. The first-order valence-electron chi connectivity index (χ1n) is 7.67. The number of nitrogens with one attached hydrogen (secondary N) is 1. The predicted octanol–water partition coefficient (Wildman–Crippen LogP) is 3.45. The molecule has 1 unspecified atom stereocenters. The molecule has 0 saturated carbocycles. The van der Waals surface area contributed by atoms with Crippen LogP contribution in [-0.4, -0.2) is 16.1 Å². The molecule has 0 fully saturated rings. The Hall–Kier alpha value is -1.81. The van der Waals surface area contributed by atoms with Crippen molar-refractivity contribution in [2.75, 3.05) is 6.54 Å². The molecule has 114 valence electrons. The number of rotatable bonds is 8. The Bertz CT molecular complexity index is 550. The van der Waals surface area contributed by atoms with Gasteiger partial charge in [0.1, 0.15) is 18.2 Å². The molecule has 4 nitrogen and oxygen atoms in total. The van der Waals surface area contributed by atoms with E-state index in [2.05, 4.69) is 36.3 Å². The number of aromatic nitrogens is 2. The summed E-state index contributed by atoms with van der Waals surface area (Å²) in [6.07, 6.45) is 5.90. The molecule has 1 aromatic carbocycles. The topological polar surface area (TPSA) is 39.1 Å². The molecule has 0 amide bonds. The van der Waals surface area contributed by atoms with Crippen LogP contribution in [0.5, 0.6) is 5.75 Å². The van der Waals surface area contributed by atoms with E-state index in [4.69, 9.17) is 4.74 Å². The summed E-state index contributed by atoms with van der Waals surface area (Å²) in [5.41, 5.74) is 1.22. The first kappa shape index (κ1) is 15.6. The number of para-hydroxylation sites is 1. The van der Waals surface area contributed by atoms with Gasteiger partial charge in [-0.05, 0) is 25.5 Å². The zero-order valence-corrected chi connectivity index (χ0v) is 13.2. The van der Waals surface area contributed by atoms with Gasteiger partial charge in [-0.3, -0.25) is 0 Å². The third-order valence-electron chi connectivity index (χ3n) is 3.62. The van der Waals surface area contributed by atoms with Crippen LogP contribution in [0.2, 0.25) is 0 Å². The van der Waals surface area contributed by atoms with Gasteiger partial charge in [0.15, 0.2) is 0 Å². The lowest BCUT2D eigenvalue weighted by Gasteiger charge is -2.20. The van der Waals surface area contributed by atoms with E-state index in [0.717, 1.165) is 31.0 Å². The van der Waals surface area contributed by atoms with Crippen molar-refractivity contribution in [1.82, 2.24) is 14.9 Å². The van der Waals surface area contributed by atoms with Gasteiger partial charge in [0.25, 0.3) is 0 Å². The van der Waals surface area contributed by atoms with Crippen molar-refractivity contribution in [2.24, 2.45) is 7.05 Å². The van der Waals surface area contributed by atoms with Gasteiger partial charge in [-0.1, -0.05) is 32.0 Å². The minimum Gasteiger partial charge on any atom is -0.485 e. The average Bonchev–Trinajstić information content (AvgIpc) is 2.92. The lowest BCUT2D eigenvalue weighted by Crippen LogP contribution is -2.22. The molecule has 1 aromatic heterocycles. The molecule has 2 rings (SSSR count). The van der Waals surface area contributed by atoms with Crippen LogP contribution in [0.15, 0.2) is 36.7 Å². The van der Waals surface area contributed by atoms with E-state index in [-0.39, 0.29) is 0 Å². The molecule has 2 aromatic rings. The zero-order valence-electron chi connectivity index (χ0n) is 13.2. The van der Waals surface area contributed by atoms with Gasteiger partial charge >= 0.3 is 0 Å². The normalized spacial score (nSPS) is 12.3. The molecule has 0 aliphatic carbocycles. The molecule has 21 heavy (non-hydrogen) atoms. The van der Waals surface area contributed by atoms with Gasteiger partial charge in [0.2, 0.25) is 0 Å². The van der Waals surface area contributed by atoms with Gasteiger partial charge in [-0.15, -0.1) is 0 Å². The molecule has 1 N–H and O–H groups in total. The summed E-state index contributed by atoms with van der Waals surface area (Å²) in [7, 11) is 1.98. The fraction of sp³-hybridized carbons (Fsp3) is 0.471. The Kier molecular flexibility index (Phi) is 5.81. The van der Waals surface area contributed by atoms with Crippen LogP contribution in [0.4, 0.5) is 0 Å². The maximum absolute atomic E-state index is 6.00. The molecule has 1 heterocycles. The number of benzene rings is 1. The molecule has 1 atom stereocenters. The highest BCUT2D eigenvalue weighted by Crippen LogP contribution is 2.27. The van der Waals surface area contributed by atoms with Crippen molar-refractivity contribution in [2.45, 2.75) is 39.3 Å². The minimum absolute atomic E-state index is 0.336. The second-order valence-electron chi connectivity index (χ2n) is 5.20. The summed E-state index contributed by atoms with van der Waals surface area (Å²) in [5, 5.41) is 3.58. The summed E-state index contributed by atoms with van der Waals surface area (Å²) >= 11 is 0. The van der Waals surface area contributed by atoms with E-state index in [1.54, 1.807) is 6.20 Å². The van der Waals surface area contributed by atoms with E-state index >= 15 is 0 Å². The number of ether oxygens (including phenoxy) is 1. The van der Waals surface area contributed by atoms with Crippen LogP contribution in [0.1, 0.15) is 44.1 Å². The van der Waals surface area contributed by atoms with E-state index in [1.165, 1.54) is 5.56 Å². The van der Waals surface area contributed by atoms with E-state index in [9.17, 15) is 0 Å². The molecular weight excluding hydrogens is 262 g/mol. The smallest absolute Gasteiger partial charge is 0.146 e. The number of hydrogen-bond acceptors (Lipinski definition) is 3. The van der Waals surface area contributed by atoms with Crippen molar-refractivity contribution in [3.05, 3.63) is 48.0 Å². The van der Waals surface area contributed by atoms with Crippen molar-refractivity contribution in [3.63, 3.8) is 0 Å². The maximum atomic E-state index is 6.00. The highest BCUT2D eigenvalue weighted by atomic mass is 16.5. The molecule has 0 aliphatic heterocycles. The molecule has 0 bridgehead atoms. The van der Waals surface area contributed by atoms with Crippen LogP contribution < -0.4 is 10.1 Å². The van der Waals surface area contributed by atoms with Crippen LogP contribution in [-0.2, 0) is 13.7 Å². The number of aryl methyl sites for hydroxylation is 1. The quantitative estimate of drug-likeness (QED) is 0.808. The van der Waals surface area contributed by atoms with Crippen LogP contribution in [0.3, 0.4) is 0 Å². The van der Waals surface area contributed by atoms with E-state index in [1.807, 2.05) is 29.9 Å². The van der Waals surface area contributed by atoms with Gasteiger partial charge < -0.3 is 14.6 Å². The monoisotopic (exact) mass is 287 g/mol. The summed E-state index contributed by atoms with van der Waals surface area (Å²) in [4.78, 5) is 4.30. The summed E-state index contributed by atoms with van der Waals surface area (Å²) < 4.78 is 7.98. The molecule has 0 saturated heterocycles. The zero-order chi connectivity index (χ0) is 15.1. The minimum atomic E-state index is 0.336. The van der Waals surface area contributed by atoms with Gasteiger partial charge in [0.05, 0.1) is 0 Å². The van der Waals surface area contributed by atoms with Crippen molar-refractivity contribution < 1.29 is 4.74 Å². The highest BCUT2D eigenvalue weighted by molar-refractivity contribution is 5.36. The summed E-state index contributed by atoms with van der Waals surface area (Å²) in [6.45, 7) is 5.89. The second kappa shape index (κ2) is 7.84. The Morgan fingerprint density at radius 3 is 2.76 bits per heavy atom. The van der Waals surface area contributed by atoms with Crippen LogP contribution >= 0.6 is 0 Å². The van der Waals surface area contributed by atoms with E-state index < -0.39 is 0 Å². The lowest BCUT2D eigenvalue weighted by atomic mass is 10.0. The van der Waals surface area contributed by atoms with Crippen molar-refractivity contribution in [1.29, 1.82) is 0 Å². The van der Waals surface area contributed by atoms with Crippen molar-refractivity contribution >= 4 is 0 Å². The molecule has 4 heteroatoms. The standard InChI is InChI=1S/C17H25N3O/c1-4-10-18-15(5-2)14-8-6-7-9-16(14)21-13-17-19-11-12-20(17)3/h6-9,11-12,15,18H,4-5,10,13H2,1-3H3. The summed E-state index contributed by atoms with van der Waals surface area (Å²) in [5.74, 6) is 1.87. The van der Waals surface area contributed by atoms with Gasteiger partial charge in [-0.2, -0.15) is 0 Å². The first-order valence-corrected chi connectivity index (χ1v) is 7.67. The SMILES string of the molecule is CCCNC(CC)c1ccccc1OCc1nccn1C. The first-order chi connectivity index (χ1) is 10.3. The Morgan fingerprint density at radius 1 is 1.29 bits per heavy atom. The van der Waals surface area contributed by atoms with E-state index in [0.29, 0.717) is 12.6 Å². The fourth-order valence-corrected chi connectivity index (χ4v) is 2.37. The maximum Gasteiger partial charge on any atom is 0.146 e.